The van der Waals surface area contributed by atoms with Crippen molar-refractivity contribution in [2.75, 3.05) is 24.4 Å². The number of hydrogen-bond acceptors (Lipinski definition) is 6. The van der Waals surface area contributed by atoms with Crippen LogP contribution in [0.15, 0.2) is 42.7 Å². The molecule has 0 fully saturated rings. The molecule has 0 spiro atoms. The highest BCUT2D eigenvalue weighted by Gasteiger charge is 2.13. The molecule has 0 radical (unpaired) electrons. The summed E-state index contributed by atoms with van der Waals surface area (Å²) < 4.78 is 10.6. The highest BCUT2D eigenvalue weighted by atomic mass is 16.5. The molecule has 0 atom stereocenters. The van der Waals surface area contributed by atoms with Gasteiger partial charge in [0.05, 0.1) is 18.4 Å². The van der Waals surface area contributed by atoms with Crippen molar-refractivity contribution in [2.45, 2.75) is 6.92 Å². The van der Waals surface area contributed by atoms with E-state index < -0.39 is 18.5 Å². The van der Waals surface area contributed by atoms with Crippen LogP contribution >= 0.6 is 0 Å². The van der Waals surface area contributed by atoms with Gasteiger partial charge in [-0.25, -0.2) is 4.79 Å². The topological polar surface area (TPSA) is 121 Å². The fraction of sp³-hybridized carbons (Fsp3) is 0.176. The molecule has 0 aliphatic carbocycles. The first-order valence-electron chi connectivity index (χ1n) is 7.50. The molecule has 0 saturated carbocycles. The summed E-state index contributed by atoms with van der Waals surface area (Å²) >= 11 is 0. The van der Waals surface area contributed by atoms with Crippen LogP contribution in [-0.4, -0.2) is 31.5 Å². The maximum atomic E-state index is 12.0. The molecule has 2 rings (SSSR count). The lowest BCUT2D eigenvalue weighted by Gasteiger charge is -2.12. The Morgan fingerprint density at radius 1 is 1.12 bits per heavy atom. The lowest BCUT2D eigenvalue weighted by Crippen LogP contribution is -2.25. The molecular weight excluding hydrogens is 342 g/mol. The molecule has 1 aromatic carbocycles. The third-order valence-electron chi connectivity index (χ3n) is 3.17. The minimum Gasteiger partial charge on any atom is -0.619 e. The summed E-state index contributed by atoms with van der Waals surface area (Å²) in [6.07, 6.45) is 2.30. The minimum absolute atomic E-state index is 0.148. The molecule has 0 aliphatic rings. The summed E-state index contributed by atoms with van der Waals surface area (Å²) in [7, 11) is 1.43. The van der Waals surface area contributed by atoms with Gasteiger partial charge < -0.3 is 25.3 Å². The van der Waals surface area contributed by atoms with Crippen molar-refractivity contribution in [1.29, 1.82) is 0 Å². The number of methoxy groups -OCH3 is 1. The van der Waals surface area contributed by atoms with Crippen LogP contribution in [0.3, 0.4) is 0 Å². The van der Waals surface area contributed by atoms with Gasteiger partial charge in [0, 0.05) is 24.7 Å². The Kier molecular flexibility index (Phi) is 6.10. The molecule has 2 amide bonds. The van der Waals surface area contributed by atoms with Crippen LogP contribution in [0.2, 0.25) is 0 Å². The number of nitrogens with zero attached hydrogens (tertiary/aromatic N) is 1. The van der Waals surface area contributed by atoms with Gasteiger partial charge in [0.15, 0.2) is 19.0 Å². The summed E-state index contributed by atoms with van der Waals surface area (Å²) in [6.45, 7) is 0.832. The number of carbonyl (C=O) groups excluding carboxylic acids is 3. The number of hydrogen-bond donors (Lipinski definition) is 2. The zero-order valence-electron chi connectivity index (χ0n) is 14.1. The fourth-order valence-corrected chi connectivity index (χ4v) is 2.04. The Morgan fingerprint density at radius 2 is 1.81 bits per heavy atom. The quantitative estimate of drug-likeness (QED) is 0.452. The molecule has 0 unspecified atom stereocenters. The Balaban J connectivity index is 1.99. The predicted molar refractivity (Wildman–Crippen MR) is 91.6 cm³/mol. The van der Waals surface area contributed by atoms with Crippen molar-refractivity contribution in [2.24, 2.45) is 0 Å². The van der Waals surface area contributed by atoms with E-state index in [0.29, 0.717) is 21.9 Å². The van der Waals surface area contributed by atoms with Crippen LogP contribution < -0.4 is 20.1 Å². The normalized spacial score (nSPS) is 9.92. The SMILES string of the molecule is COc1ccc(NC(C)=O)cc1NC(=O)COC(=O)c1cc[n+]([O-])cc1. The van der Waals surface area contributed by atoms with Gasteiger partial charge in [-0.2, -0.15) is 4.73 Å². The number of esters is 1. The number of benzene rings is 1. The number of pyridine rings is 1. The minimum atomic E-state index is -0.736. The molecule has 1 heterocycles. The summed E-state index contributed by atoms with van der Waals surface area (Å²) in [5.74, 6) is -1.21. The molecule has 9 nitrogen and oxygen atoms in total. The van der Waals surface area contributed by atoms with Crippen molar-refractivity contribution in [1.82, 2.24) is 0 Å². The van der Waals surface area contributed by atoms with Gasteiger partial charge in [0.25, 0.3) is 5.91 Å². The third kappa shape index (κ3) is 5.20. The molecule has 2 aromatic rings. The van der Waals surface area contributed by atoms with Crippen LogP contribution in [0, 0.1) is 5.21 Å². The van der Waals surface area contributed by atoms with Crippen molar-refractivity contribution >= 4 is 29.2 Å². The molecule has 0 bridgehead atoms. The van der Waals surface area contributed by atoms with E-state index in [4.69, 9.17) is 9.47 Å². The summed E-state index contributed by atoms with van der Waals surface area (Å²) in [6, 6.07) is 7.28. The van der Waals surface area contributed by atoms with E-state index >= 15 is 0 Å². The third-order valence-corrected chi connectivity index (χ3v) is 3.17. The Morgan fingerprint density at radius 3 is 2.42 bits per heavy atom. The van der Waals surface area contributed by atoms with E-state index in [9.17, 15) is 19.6 Å². The van der Waals surface area contributed by atoms with Crippen LogP contribution in [-0.2, 0) is 14.3 Å². The first kappa shape index (κ1) is 18.7. The van der Waals surface area contributed by atoms with E-state index in [-0.39, 0.29) is 11.5 Å². The summed E-state index contributed by atoms with van der Waals surface area (Å²) in [5, 5.41) is 16.1. The summed E-state index contributed by atoms with van der Waals surface area (Å²) in [4.78, 5) is 35.0. The maximum absolute atomic E-state index is 12.0. The number of anilines is 2. The molecule has 0 aliphatic heterocycles. The predicted octanol–water partition coefficient (Wildman–Crippen LogP) is 1.08. The monoisotopic (exact) mass is 359 g/mol. The lowest BCUT2D eigenvalue weighted by molar-refractivity contribution is -0.605. The summed E-state index contributed by atoms with van der Waals surface area (Å²) in [5.41, 5.74) is 0.933. The highest BCUT2D eigenvalue weighted by molar-refractivity contribution is 5.97. The van der Waals surface area contributed by atoms with Gasteiger partial charge in [-0.3, -0.25) is 9.59 Å². The fourth-order valence-electron chi connectivity index (χ4n) is 2.04. The molecule has 26 heavy (non-hydrogen) atoms. The van der Waals surface area contributed by atoms with E-state index in [1.807, 2.05) is 0 Å². The van der Waals surface area contributed by atoms with Crippen molar-refractivity contribution in [3.8, 4) is 5.75 Å². The van der Waals surface area contributed by atoms with E-state index in [0.717, 1.165) is 12.4 Å². The van der Waals surface area contributed by atoms with E-state index in [1.54, 1.807) is 12.1 Å². The second kappa shape index (κ2) is 8.47. The zero-order chi connectivity index (χ0) is 19.1. The second-order valence-electron chi connectivity index (χ2n) is 5.17. The second-order valence-corrected chi connectivity index (χ2v) is 5.17. The first-order chi connectivity index (χ1) is 12.4. The average molecular weight is 359 g/mol. The van der Waals surface area contributed by atoms with Crippen LogP contribution in [0.4, 0.5) is 11.4 Å². The average Bonchev–Trinajstić information content (AvgIpc) is 2.60. The molecule has 136 valence electrons. The smallest absolute Gasteiger partial charge is 0.339 e. The maximum Gasteiger partial charge on any atom is 0.339 e. The largest absolute Gasteiger partial charge is 0.619 e. The number of amides is 2. The van der Waals surface area contributed by atoms with Gasteiger partial charge >= 0.3 is 5.97 Å². The van der Waals surface area contributed by atoms with Crippen LogP contribution in [0.25, 0.3) is 0 Å². The lowest BCUT2D eigenvalue weighted by atomic mass is 10.2. The standard InChI is InChI=1S/C17H17N3O6/c1-11(21)18-13-3-4-15(25-2)14(9-13)19-16(22)10-26-17(23)12-5-7-20(24)8-6-12/h3-9H,10H2,1-2H3,(H,18,21)(H,19,22). The number of ether oxygens (including phenoxy) is 2. The van der Waals surface area contributed by atoms with Crippen LogP contribution in [0.1, 0.15) is 17.3 Å². The Hall–Kier alpha value is -3.62. The van der Waals surface area contributed by atoms with E-state index in [1.165, 1.54) is 32.2 Å². The van der Waals surface area contributed by atoms with Gasteiger partial charge in [0.2, 0.25) is 5.91 Å². The van der Waals surface area contributed by atoms with Crippen molar-refractivity contribution in [3.05, 3.63) is 53.5 Å². The van der Waals surface area contributed by atoms with Crippen LogP contribution in [0.5, 0.6) is 5.75 Å². The van der Waals surface area contributed by atoms with Crippen molar-refractivity contribution in [3.63, 3.8) is 0 Å². The number of rotatable bonds is 6. The Bertz CT molecular complexity index is 820. The first-order valence-corrected chi connectivity index (χ1v) is 7.50. The van der Waals surface area contributed by atoms with Gasteiger partial charge in [-0.15, -0.1) is 0 Å². The highest BCUT2D eigenvalue weighted by Crippen LogP contribution is 2.27. The van der Waals surface area contributed by atoms with Gasteiger partial charge in [0.1, 0.15) is 5.75 Å². The Labute approximate surface area is 149 Å². The molecule has 0 saturated heterocycles. The number of aromatic nitrogens is 1. The zero-order valence-corrected chi connectivity index (χ0v) is 14.1. The van der Waals surface area contributed by atoms with Gasteiger partial charge in [-0.05, 0) is 18.2 Å². The molecular formula is C17H17N3O6. The molecule has 9 heteroatoms. The molecule has 1 aromatic heterocycles. The van der Waals surface area contributed by atoms with Crippen molar-refractivity contribution < 1.29 is 28.6 Å². The van der Waals surface area contributed by atoms with E-state index in [2.05, 4.69) is 10.6 Å². The van der Waals surface area contributed by atoms with Gasteiger partial charge in [-0.1, -0.05) is 0 Å². The number of carbonyl (C=O) groups is 3. The molecule has 2 N–H and O–H groups in total. The number of nitrogens with one attached hydrogen (secondary N) is 2.